The maximum absolute atomic E-state index is 10.7. The Balaban J connectivity index is 2.11. The second kappa shape index (κ2) is 6.74. The molecule has 2 aromatic rings. The van der Waals surface area contributed by atoms with Gasteiger partial charge in [0.15, 0.2) is 5.82 Å². The third-order valence-electron chi connectivity index (χ3n) is 3.11. The van der Waals surface area contributed by atoms with Crippen molar-refractivity contribution < 1.29 is 9.45 Å². The van der Waals surface area contributed by atoms with Gasteiger partial charge in [-0.1, -0.05) is 30.3 Å². The summed E-state index contributed by atoms with van der Waals surface area (Å²) in [6, 6.07) is 2.66. The first-order valence-electron chi connectivity index (χ1n) is 6.61. The molecule has 0 spiro atoms. The van der Waals surface area contributed by atoms with E-state index < -0.39 is 4.92 Å². The molecule has 8 nitrogen and oxygen atoms in total. The second-order valence-electron chi connectivity index (χ2n) is 4.45. The summed E-state index contributed by atoms with van der Waals surface area (Å²) in [5.41, 5.74) is 6.06. The van der Waals surface area contributed by atoms with Crippen LogP contribution in [-0.4, -0.2) is 39.6 Å². The van der Waals surface area contributed by atoms with Crippen molar-refractivity contribution in [2.24, 2.45) is 5.73 Å². The molecule has 2 rings (SSSR count). The molecule has 0 saturated heterocycles. The number of hydrogen-bond acceptors (Lipinski definition) is 8. The molecule has 2 N–H and O–H groups in total. The van der Waals surface area contributed by atoms with Gasteiger partial charge in [0.2, 0.25) is 0 Å². The summed E-state index contributed by atoms with van der Waals surface area (Å²) in [4.78, 5) is 17.2. The first kappa shape index (κ1) is 15.5. The first-order valence-corrected chi connectivity index (χ1v) is 7.42. The van der Waals surface area contributed by atoms with Gasteiger partial charge in [-0.05, 0) is 19.2 Å². The molecule has 9 heteroatoms. The molecule has 0 bridgehead atoms. The monoisotopic (exact) mass is 311 g/mol. The number of thiophene rings is 1. The lowest BCUT2D eigenvalue weighted by molar-refractivity contribution is -0.380. The Labute approximate surface area is 125 Å². The smallest absolute Gasteiger partial charge is 0.324 e. The van der Waals surface area contributed by atoms with Crippen molar-refractivity contribution >= 4 is 16.3 Å². The number of likely N-dealkylation sites (N-methyl/N-ethyl adjacent to an activating group) is 1. The van der Waals surface area contributed by atoms with Crippen molar-refractivity contribution in [2.75, 3.05) is 19.6 Å². The summed E-state index contributed by atoms with van der Waals surface area (Å²) in [7, 11) is 0. The summed E-state index contributed by atoms with van der Waals surface area (Å²) < 4.78 is 5.14. The van der Waals surface area contributed by atoms with Gasteiger partial charge in [-0.15, -0.1) is 0 Å². The largest absolute Gasteiger partial charge is 0.333 e. The molecule has 0 aliphatic heterocycles. The van der Waals surface area contributed by atoms with Crippen LogP contribution in [0.4, 0.5) is 5.00 Å². The molecule has 0 fully saturated rings. The van der Waals surface area contributed by atoms with Crippen LogP contribution < -0.4 is 5.73 Å². The fraction of sp³-hybridized carbons (Fsp3) is 0.500. The highest BCUT2D eigenvalue weighted by molar-refractivity contribution is 7.18. The lowest BCUT2D eigenvalue weighted by Crippen LogP contribution is -2.32. The van der Waals surface area contributed by atoms with E-state index in [9.17, 15) is 10.1 Å². The predicted molar refractivity (Wildman–Crippen MR) is 79.0 cm³/mol. The Morgan fingerprint density at radius 3 is 2.76 bits per heavy atom. The van der Waals surface area contributed by atoms with Crippen LogP contribution in [0.15, 0.2) is 16.7 Å². The van der Waals surface area contributed by atoms with Gasteiger partial charge in [-0.2, -0.15) is 4.98 Å². The van der Waals surface area contributed by atoms with Crippen molar-refractivity contribution in [1.82, 2.24) is 15.0 Å². The molecule has 21 heavy (non-hydrogen) atoms. The van der Waals surface area contributed by atoms with E-state index in [1.165, 1.54) is 6.07 Å². The lowest BCUT2D eigenvalue weighted by atomic mass is 10.2. The van der Waals surface area contributed by atoms with Crippen molar-refractivity contribution in [3.05, 3.63) is 28.1 Å². The van der Waals surface area contributed by atoms with Crippen LogP contribution in [0.2, 0.25) is 0 Å². The summed E-state index contributed by atoms with van der Waals surface area (Å²) in [5.74, 6) is 0.672. The van der Waals surface area contributed by atoms with Crippen LogP contribution >= 0.6 is 11.3 Å². The number of nitrogens with zero attached hydrogens (tertiary/aromatic N) is 4. The van der Waals surface area contributed by atoms with E-state index in [-0.39, 0.29) is 16.9 Å². The number of aromatic nitrogens is 2. The Bertz CT molecular complexity index is 608. The van der Waals surface area contributed by atoms with Gasteiger partial charge in [0, 0.05) is 12.6 Å². The standard InChI is InChI=1S/C12H17N5O3S/c1-3-16(4-2)7-8(13)11-14-12(20-15-11)9-5-6-10(21-9)17(18)19/h5-6,8H,3-4,7,13H2,1-2H3. The lowest BCUT2D eigenvalue weighted by Gasteiger charge is -2.20. The van der Waals surface area contributed by atoms with Gasteiger partial charge < -0.3 is 15.2 Å². The third-order valence-corrected chi connectivity index (χ3v) is 4.13. The minimum atomic E-state index is -0.447. The second-order valence-corrected chi connectivity index (χ2v) is 5.51. The van der Waals surface area contributed by atoms with E-state index in [0.717, 1.165) is 24.4 Å². The topological polar surface area (TPSA) is 111 Å². The van der Waals surface area contributed by atoms with E-state index in [1.807, 2.05) is 0 Å². The molecule has 0 saturated carbocycles. The quantitative estimate of drug-likeness (QED) is 0.615. The van der Waals surface area contributed by atoms with Gasteiger partial charge in [-0.25, -0.2) is 0 Å². The van der Waals surface area contributed by atoms with Crippen LogP contribution in [0.5, 0.6) is 0 Å². The fourth-order valence-electron chi connectivity index (χ4n) is 1.87. The van der Waals surface area contributed by atoms with E-state index in [0.29, 0.717) is 17.2 Å². The number of hydrogen-bond donors (Lipinski definition) is 1. The number of nitrogens with two attached hydrogens (primary N) is 1. The predicted octanol–water partition coefficient (Wildman–Crippen LogP) is 2.05. The maximum atomic E-state index is 10.7. The van der Waals surface area contributed by atoms with Crippen LogP contribution in [0.3, 0.4) is 0 Å². The summed E-state index contributed by atoms with van der Waals surface area (Å²) in [6.45, 7) is 6.54. The molecule has 0 radical (unpaired) electrons. The average molecular weight is 311 g/mol. The van der Waals surface area contributed by atoms with Gasteiger partial charge in [0.05, 0.1) is 15.8 Å². The zero-order valence-corrected chi connectivity index (χ0v) is 12.7. The van der Waals surface area contributed by atoms with Crippen LogP contribution in [-0.2, 0) is 0 Å². The SMILES string of the molecule is CCN(CC)CC(N)c1noc(-c2ccc([N+](=O)[O-])s2)n1. The molecule has 0 aliphatic rings. The van der Waals surface area contributed by atoms with E-state index >= 15 is 0 Å². The van der Waals surface area contributed by atoms with E-state index in [4.69, 9.17) is 10.3 Å². The van der Waals surface area contributed by atoms with Crippen molar-refractivity contribution in [3.8, 4) is 10.8 Å². The van der Waals surface area contributed by atoms with Gasteiger partial charge in [-0.3, -0.25) is 10.1 Å². The van der Waals surface area contributed by atoms with E-state index in [2.05, 4.69) is 28.9 Å². The molecule has 1 unspecified atom stereocenters. The van der Waals surface area contributed by atoms with Gasteiger partial charge in [0.1, 0.15) is 0 Å². The Hall–Kier alpha value is -1.84. The minimum Gasteiger partial charge on any atom is -0.333 e. The van der Waals surface area contributed by atoms with Crippen LogP contribution in [0.1, 0.15) is 25.7 Å². The highest BCUT2D eigenvalue weighted by Gasteiger charge is 2.20. The van der Waals surface area contributed by atoms with Gasteiger partial charge in [0.25, 0.3) is 5.89 Å². The summed E-state index contributed by atoms with van der Waals surface area (Å²) in [5, 5.41) is 14.6. The third kappa shape index (κ3) is 3.63. The van der Waals surface area contributed by atoms with Crippen molar-refractivity contribution in [3.63, 3.8) is 0 Å². The Morgan fingerprint density at radius 2 is 2.19 bits per heavy atom. The molecular formula is C12H17N5O3S. The minimum absolute atomic E-state index is 0.0391. The van der Waals surface area contributed by atoms with Crippen molar-refractivity contribution in [2.45, 2.75) is 19.9 Å². The fourth-order valence-corrected chi connectivity index (χ4v) is 2.61. The molecule has 114 valence electrons. The highest BCUT2D eigenvalue weighted by atomic mass is 32.1. The molecule has 0 amide bonds. The Kier molecular flexibility index (Phi) is 4.99. The van der Waals surface area contributed by atoms with Crippen molar-refractivity contribution in [1.29, 1.82) is 0 Å². The van der Waals surface area contributed by atoms with Crippen LogP contribution in [0.25, 0.3) is 10.8 Å². The van der Waals surface area contributed by atoms with Crippen LogP contribution in [0, 0.1) is 10.1 Å². The zero-order valence-electron chi connectivity index (χ0n) is 11.9. The Morgan fingerprint density at radius 1 is 1.48 bits per heavy atom. The van der Waals surface area contributed by atoms with Gasteiger partial charge >= 0.3 is 5.00 Å². The molecule has 1 atom stereocenters. The molecule has 2 aromatic heterocycles. The molecule has 2 heterocycles. The molecular weight excluding hydrogens is 294 g/mol. The zero-order chi connectivity index (χ0) is 15.4. The number of nitro groups is 1. The molecule has 0 aliphatic carbocycles. The average Bonchev–Trinajstić information content (AvgIpc) is 3.12. The van der Waals surface area contributed by atoms with E-state index in [1.54, 1.807) is 6.07 Å². The summed E-state index contributed by atoms with van der Waals surface area (Å²) in [6.07, 6.45) is 0. The maximum Gasteiger partial charge on any atom is 0.324 e. The summed E-state index contributed by atoms with van der Waals surface area (Å²) >= 11 is 0.995. The molecule has 0 aromatic carbocycles. The first-order chi connectivity index (χ1) is 10.0. The highest BCUT2D eigenvalue weighted by Crippen LogP contribution is 2.31. The normalized spacial score (nSPS) is 12.8. The number of rotatable bonds is 7.